The average molecular weight is 513 g/mol. The number of pyridine rings is 2. The van der Waals surface area contributed by atoms with E-state index in [0.29, 0.717) is 38.3 Å². The zero-order valence-corrected chi connectivity index (χ0v) is 21.9. The van der Waals surface area contributed by atoms with E-state index in [1.54, 1.807) is 18.6 Å². The van der Waals surface area contributed by atoms with Gasteiger partial charge in [-0.05, 0) is 54.3 Å². The molecule has 0 unspecified atom stereocenters. The first-order valence-electron chi connectivity index (χ1n) is 13.8. The summed E-state index contributed by atoms with van der Waals surface area (Å²) in [6.07, 6.45) is 13.3. The van der Waals surface area contributed by atoms with Gasteiger partial charge in [-0.2, -0.15) is 0 Å². The van der Waals surface area contributed by atoms with Crippen LogP contribution in [0.3, 0.4) is 0 Å². The molecule has 198 valence electrons. The van der Waals surface area contributed by atoms with Crippen LogP contribution in [-0.4, -0.2) is 64.4 Å². The zero-order chi connectivity index (χ0) is 26.2. The Morgan fingerprint density at radius 2 is 1.71 bits per heavy atom. The highest BCUT2D eigenvalue weighted by atomic mass is 16.5. The first kappa shape index (κ1) is 25.9. The fraction of sp³-hybridized carbons (Fsp3) is 0.419. The van der Waals surface area contributed by atoms with Crippen LogP contribution in [0.15, 0.2) is 67.1 Å². The molecular weight excluding hydrogens is 476 g/mol. The van der Waals surface area contributed by atoms with Crippen molar-refractivity contribution >= 4 is 11.8 Å². The molecule has 0 radical (unpaired) electrons. The number of ether oxygens (including phenoxy) is 1. The van der Waals surface area contributed by atoms with Gasteiger partial charge >= 0.3 is 0 Å². The molecule has 2 aliphatic rings. The van der Waals surface area contributed by atoms with Gasteiger partial charge in [0.2, 0.25) is 5.91 Å². The van der Waals surface area contributed by atoms with Gasteiger partial charge in [0.1, 0.15) is 5.75 Å². The second kappa shape index (κ2) is 12.7. The predicted octanol–water partition coefficient (Wildman–Crippen LogP) is 5.02. The molecule has 7 nitrogen and oxygen atoms in total. The van der Waals surface area contributed by atoms with E-state index in [2.05, 4.69) is 9.97 Å². The summed E-state index contributed by atoms with van der Waals surface area (Å²) in [6.45, 7) is 2.78. The molecule has 2 fully saturated rings. The predicted molar refractivity (Wildman–Crippen MR) is 147 cm³/mol. The molecule has 1 saturated heterocycles. The van der Waals surface area contributed by atoms with E-state index in [1.165, 1.54) is 32.1 Å². The van der Waals surface area contributed by atoms with Gasteiger partial charge in [-0.15, -0.1) is 0 Å². The lowest BCUT2D eigenvalue weighted by molar-refractivity contribution is -0.131. The van der Waals surface area contributed by atoms with Crippen molar-refractivity contribution in [2.75, 3.05) is 32.8 Å². The lowest BCUT2D eigenvalue weighted by Crippen LogP contribution is -2.51. The first-order valence-corrected chi connectivity index (χ1v) is 13.8. The van der Waals surface area contributed by atoms with Crippen LogP contribution in [0.4, 0.5) is 0 Å². The second-order valence-electron chi connectivity index (χ2n) is 10.3. The number of carbonyl (C=O) groups is 2. The molecule has 38 heavy (non-hydrogen) atoms. The van der Waals surface area contributed by atoms with Crippen LogP contribution in [0.1, 0.15) is 54.4 Å². The minimum atomic E-state index is -0.0120. The van der Waals surface area contributed by atoms with E-state index in [-0.39, 0.29) is 18.2 Å². The van der Waals surface area contributed by atoms with Crippen LogP contribution >= 0.6 is 0 Å². The topological polar surface area (TPSA) is 75.6 Å². The SMILES string of the molecule is O=C(Cc1cncc(-c2ccccn2)c1)N1CCN(C(=O)c2cccc(OCCC3CCCCC3)c2)CC1. The van der Waals surface area contributed by atoms with E-state index in [1.807, 2.05) is 58.3 Å². The number of nitrogens with zero attached hydrogens (tertiary/aromatic N) is 4. The Morgan fingerprint density at radius 1 is 0.895 bits per heavy atom. The van der Waals surface area contributed by atoms with Crippen molar-refractivity contribution < 1.29 is 14.3 Å². The normalized spacial score (nSPS) is 16.3. The van der Waals surface area contributed by atoms with Crippen LogP contribution in [0, 0.1) is 5.92 Å². The van der Waals surface area contributed by atoms with E-state index in [4.69, 9.17) is 4.74 Å². The minimum Gasteiger partial charge on any atom is -0.494 e. The van der Waals surface area contributed by atoms with Crippen LogP contribution in [-0.2, 0) is 11.2 Å². The van der Waals surface area contributed by atoms with E-state index >= 15 is 0 Å². The number of rotatable bonds is 8. The van der Waals surface area contributed by atoms with Gasteiger partial charge < -0.3 is 14.5 Å². The van der Waals surface area contributed by atoms with Gasteiger partial charge in [0, 0.05) is 55.9 Å². The maximum atomic E-state index is 13.2. The molecule has 1 aliphatic carbocycles. The number of aromatic nitrogens is 2. The third-order valence-corrected chi connectivity index (χ3v) is 7.63. The highest BCUT2D eigenvalue weighted by Gasteiger charge is 2.25. The Morgan fingerprint density at radius 3 is 2.50 bits per heavy atom. The molecule has 2 aromatic heterocycles. The lowest BCUT2D eigenvalue weighted by Gasteiger charge is -2.35. The summed E-state index contributed by atoms with van der Waals surface area (Å²) in [7, 11) is 0. The largest absolute Gasteiger partial charge is 0.494 e. The van der Waals surface area contributed by atoms with Crippen LogP contribution < -0.4 is 4.74 Å². The molecule has 1 aliphatic heterocycles. The maximum Gasteiger partial charge on any atom is 0.254 e. The van der Waals surface area contributed by atoms with Gasteiger partial charge in [0.15, 0.2) is 0 Å². The van der Waals surface area contributed by atoms with Crippen molar-refractivity contribution in [3.05, 3.63) is 78.2 Å². The van der Waals surface area contributed by atoms with Gasteiger partial charge in [-0.25, -0.2) is 0 Å². The molecular formula is C31H36N4O3. The van der Waals surface area contributed by atoms with Gasteiger partial charge in [0.05, 0.1) is 18.7 Å². The number of hydrogen-bond acceptors (Lipinski definition) is 5. The Hall–Kier alpha value is -3.74. The van der Waals surface area contributed by atoms with Crippen molar-refractivity contribution in [2.24, 2.45) is 5.92 Å². The molecule has 0 bridgehead atoms. The third kappa shape index (κ3) is 6.77. The van der Waals surface area contributed by atoms with Crippen molar-refractivity contribution in [3.8, 4) is 17.0 Å². The summed E-state index contributed by atoms with van der Waals surface area (Å²) in [5.41, 5.74) is 3.22. The Kier molecular flexibility index (Phi) is 8.64. The van der Waals surface area contributed by atoms with Gasteiger partial charge in [0.25, 0.3) is 5.91 Å². The summed E-state index contributed by atoms with van der Waals surface area (Å²) in [5.74, 6) is 1.56. The molecule has 1 saturated carbocycles. The zero-order valence-electron chi connectivity index (χ0n) is 21.9. The summed E-state index contributed by atoms with van der Waals surface area (Å²) >= 11 is 0. The van der Waals surface area contributed by atoms with Crippen LogP contribution in [0.2, 0.25) is 0 Å². The van der Waals surface area contributed by atoms with E-state index < -0.39 is 0 Å². The molecule has 0 spiro atoms. The number of amides is 2. The molecule has 1 aromatic carbocycles. The quantitative estimate of drug-likeness (QED) is 0.424. The van der Waals surface area contributed by atoms with Crippen LogP contribution in [0.25, 0.3) is 11.3 Å². The third-order valence-electron chi connectivity index (χ3n) is 7.63. The average Bonchev–Trinajstić information content (AvgIpc) is 2.98. The lowest BCUT2D eigenvalue weighted by atomic mass is 9.87. The summed E-state index contributed by atoms with van der Waals surface area (Å²) in [6, 6.07) is 15.2. The maximum absolute atomic E-state index is 13.2. The molecule has 7 heteroatoms. The number of piperazine rings is 1. The van der Waals surface area contributed by atoms with E-state index in [9.17, 15) is 9.59 Å². The molecule has 2 amide bonds. The Bertz CT molecular complexity index is 1220. The monoisotopic (exact) mass is 512 g/mol. The number of benzene rings is 1. The number of hydrogen-bond donors (Lipinski definition) is 0. The van der Waals surface area contributed by atoms with Gasteiger partial charge in [-0.3, -0.25) is 19.6 Å². The molecule has 3 aromatic rings. The molecule has 3 heterocycles. The molecule has 0 N–H and O–H groups in total. The minimum absolute atomic E-state index is 0.0120. The highest BCUT2D eigenvalue weighted by molar-refractivity contribution is 5.94. The summed E-state index contributed by atoms with van der Waals surface area (Å²) in [5, 5.41) is 0. The van der Waals surface area contributed by atoms with Crippen molar-refractivity contribution in [1.29, 1.82) is 0 Å². The Labute approximate surface area is 224 Å². The molecule has 5 rings (SSSR count). The second-order valence-corrected chi connectivity index (χ2v) is 10.3. The van der Waals surface area contributed by atoms with Crippen molar-refractivity contribution in [2.45, 2.75) is 44.9 Å². The van der Waals surface area contributed by atoms with Crippen molar-refractivity contribution in [3.63, 3.8) is 0 Å². The summed E-state index contributed by atoms with van der Waals surface area (Å²) in [4.78, 5) is 38.5. The Balaban J connectivity index is 1.10. The fourth-order valence-corrected chi connectivity index (χ4v) is 5.42. The number of carbonyl (C=O) groups excluding carboxylic acids is 2. The summed E-state index contributed by atoms with van der Waals surface area (Å²) < 4.78 is 6.00. The smallest absolute Gasteiger partial charge is 0.254 e. The fourth-order valence-electron chi connectivity index (χ4n) is 5.42. The van der Waals surface area contributed by atoms with Crippen molar-refractivity contribution in [1.82, 2.24) is 19.8 Å². The van der Waals surface area contributed by atoms with Crippen LogP contribution in [0.5, 0.6) is 5.75 Å². The standard InChI is InChI=1S/C31H36N4O3/c36-30(20-25-19-27(23-32-22-25)29-11-4-5-13-33-29)34-14-16-35(17-15-34)31(37)26-9-6-10-28(21-26)38-18-12-24-7-2-1-3-8-24/h4-6,9-11,13,19,21-24H,1-3,7-8,12,14-18,20H2. The van der Waals surface area contributed by atoms with E-state index in [0.717, 1.165) is 34.9 Å². The first-order chi connectivity index (χ1) is 18.7. The van der Waals surface area contributed by atoms with Gasteiger partial charge in [-0.1, -0.05) is 44.2 Å². The highest BCUT2D eigenvalue weighted by Crippen LogP contribution is 2.26. The molecule has 0 atom stereocenters.